The van der Waals surface area contributed by atoms with E-state index < -0.39 is 20.7 Å². The third kappa shape index (κ3) is 4.49. The first-order chi connectivity index (χ1) is 12.5. The van der Waals surface area contributed by atoms with E-state index in [9.17, 15) is 17.6 Å². The Kier molecular flexibility index (Phi) is 6.05. The molecule has 1 saturated heterocycles. The monoisotopic (exact) mass is 382 g/mol. The van der Waals surface area contributed by atoms with E-state index in [1.165, 1.54) is 22.9 Å². The molecule has 0 bridgehead atoms. The lowest BCUT2D eigenvalue weighted by atomic mass is 9.94. The predicted molar refractivity (Wildman–Crippen MR) is 95.8 cm³/mol. The highest BCUT2D eigenvalue weighted by molar-refractivity contribution is 7.89. The molecule has 0 aromatic heterocycles. The molecule has 1 amide bonds. The van der Waals surface area contributed by atoms with Crippen LogP contribution >= 0.6 is 0 Å². The highest BCUT2D eigenvalue weighted by Crippen LogP contribution is 2.25. The lowest BCUT2D eigenvalue weighted by Gasteiger charge is -2.26. The molecule has 1 aromatic rings. The van der Waals surface area contributed by atoms with Crippen LogP contribution in [-0.2, 0) is 19.6 Å². The Balaban J connectivity index is 1.77. The minimum atomic E-state index is -3.97. The van der Waals surface area contributed by atoms with Crippen molar-refractivity contribution in [2.75, 3.05) is 31.6 Å². The third-order valence-electron chi connectivity index (χ3n) is 4.62. The smallest absolute Gasteiger partial charge is 0.248 e. The summed E-state index contributed by atoms with van der Waals surface area (Å²) in [5.74, 6) is -1.15. The van der Waals surface area contributed by atoms with Gasteiger partial charge in [0.2, 0.25) is 15.9 Å². The van der Waals surface area contributed by atoms with E-state index in [4.69, 9.17) is 4.74 Å². The summed E-state index contributed by atoms with van der Waals surface area (Å²) in [6.07, 6.45) is 6.73. The summed E-state index contributed by atoms with van der Waals surface area (Å²) < 4.78 is 45.9. The van der Waals surface area contributed by atoms with Crippen molar-refractivity contribution in [3.05, 3.63) is 35.7 Å². The van der Waals surface area contributed by atoms with E-state index in [1.54, 1.807) is 6.08 Å². The van der Waals surface area contributed by atoms with Crippen molar-refractivity contribution >= 4 is 21.6 Å². The summed E-state index contributed by atoms with van der Waals surface area (Å²) in [6, 6.07) is 3.61. The second-order valence-electron chi connectivity index (χ2n) is 6.51. The number of carbonyl (C=O) groups excluding carboxylic acids is 1. The number of rotatable bonds is 4. The van der Waals surface area contributed by atoms with Crippen molar-refractivity contribution in [2.45, 2.75) is 37.0 Å². The van der Waals surface area contributed by atoms with Crippen molar-refractivity contribution in [1.29, 1.82) is 0 Å². The van der Waals surface area contributed by atoms with Crippen LogP contribution < -0.4 is 5.32 Å². The zero-order valence-electron chi connectivity index (χ0n) is 14.5. The van der Waals surface area contributed by atoms with Crippen LogP contribution in [0.5, 0.6) is 0 Å². The predicted octanol–water partition coefficient (Wildman–Crippen LogP) is 2.68. The van der Waals surface area contributed by atoms with Crippen LogP contribution in [0, 0.1) is 5.82 Å². The molecular weight excluding hydrogens is 359 g/mol. The topological polar surface area (TPSA) is 75.7 Å². The number of nitrogens with one attached hydrogen (secondary N) is 1. The van der Waals surface area contributed by atoms with E-state index in [2.05, 4.69) is 5.32 Å². The minimum absolute atomic E-state index is 0.185. The molecule has 0 spiro atoms. The highest BCUT2D eigenvalue weighted by atomic mass is 32.2. The van der Waals surface area contributed by atoms with Crippen molar-refractivity contribution in [3.8, 4) is 0 Å². The van der Waals surface area contributed by atoms with E-state index in [-0.39, 0.29) is 37.9 Å². The summed E-state index contributed by atoms with van der Waals surface area (Å²) in [6.45, 7) is 0.935. The molecule has 1 aliphatic carbocycles. The van der Waals surface area contributed by atoms with Crippen LogP contribution in [0.4, 0.5) is 10.1 Å². The van der Waals surface area contributed by atoms with Gasteiger partial charge >= 0.3 is 0 Å². The second-order valence-corrected chi connectivity index (χ2v) is 8.42. The van der Waals surface area contributed by atoms with Crippen LogP contribution in [0.25, 0.3) is 0 Å². The number of hydrogen-bond donors (Lipinski definition) is 1. The Bertz CT molecular complexity index is 793. The van der Waals surface area contributed by atoms with Gasteiger partial charge in [-0.05, 0) is 43.9 Å². The van der Waals surface area contributed by atoms with Gasteiger partial charge < -0.3 is 10.1 Å². The number of benzene rings is 1. The summed E-state index contributed by atoms with van der Waals surface area (Å²) in [7, 11) is -3.97. The molecule has 0 radical (unpaired) electrons. The molecule has 1 saturated carbocycles. The normalized spacial score (nSPS) is 19.2. The number of morpholine rings is 1. The molecule has 1 aromatic carbocycles. The largest absolute Gasteiger partial charge is 0.379 e. The maximum atomic E-state index is 14.2. The number of nitrogens with zero attached hydrogens (tertiary/aromatic N) is 1. The Hall–Kier alpha value is -1.77. The Morgan fingerprint density at radius 2 is 1.85 bits per heavy atom. The minimum Gasteiger partial charge on any atom is -0.379 e. The molecule has 2 aliphatic rings. The maximum absolute atomic E-state index is 14.2. The standard InChI is InChI=1S/C18H23FN2O4S/c19-16-7-6-15(20-18(22)12-14-4-2-1-3-5-14)13-17(16)26(23,24)21-8-10-25-11-9-21/h6-7,12-13H,1-5,8-11H2,(H,20,22). The van der Waals surface area contributed by atoms with E-state index >= 15 is 0 Å². The zero-order valence-corrected chi connectivity index (χ0v) is 15.4. The molecule has 2 fully saturated rings. The number of allylic oxidation sites excluding steroid dienone is 1. The molecule has 1 heterocycles. The van der Waals surface area contributed by atoms with Crippen LogP contribution in [-0.4, -0.2) is 44.9 Å². The average Bonchev–Trinajstić information content (AvgIpc) is 2.64. The Morgan fingerprint density at radius 1 is 1.15 bits per heavy atom. The van der Waals surface area contributed by atoms with Gasteiger partial charge in [-0.25, -0.2) is 12.8 Å². The van der Waals surface area contributed by atoms with Crippen molar-refractivity contribution in [1.82, 2.24) is 4.31 Å². The van der Waals surface area contributed by atoms with Gasteiger partial charge in [-0.2, -0.15) is 4.31 Å². The number of sulfonamides is 1. The second kappa shape index (κ2) is 8.28. The van der Waals surface area contributed by atoms with Crippen LogP contribution in [0.2, 0.25) is 0 Å². The molecule has 1 N–H and O–H groups in total. The summed E-state index contributed by atoms with van der Waals surface area (Å²) in [5, 5.41) is 2.64. The first-order valence-electron chi connectivity index (χ1n) is 8.85. The summed E-state index contributed by atoms with van der Waals surface area (Å²) in [4.78, 5) is 11.7. The van der Waals surface area contributed by atoms with Crippen molar-refractivity contribution in [3.63, 3.8) is 0 Å². The van der Waals surface area contributed by atoms with Gasteiger partial charge in [0.15, 0.2) is 0 Å². The van der Waals surface area contributed by atoms with Crippen LogP contribution in [0.1, 0.15) is 32.1 Å². The van der Waals surface area contributed by atoms with Gasteiger partial charge in [0.25, 0.3) is 0 Å². The number of hydrogen-bond acceptors (Lipinski definition) is 4. The van der Waals surface area contributed by atoms with Crippen LogP contribution in [0.15, 0.2) is 34.7 Å². The molecule has 0 unspecified atom stereocenters. The van der Waals surface area contributed by atoms with Crippen molar-refractivity contribution < 1.29 is 22.3 Å². The molecule has 6 nitrogen and oxygen atoms in total. The number of anilines is 1. The lowest BCUT2D eigenvalue weighted by molar-refractivity contribution is -0.112. The highest BCUT2D eigenvalue weighted by Gasteiger charge is 2.29. The van der Waals surface area contributed by atoms with Gasteiger partial charge in [-0.15, -0.1) is 0 Å². The zero-order chi connectivity index (χ0) is 18.6. The number of carbonyl (C=O) groups is 1. The number of halogens is 1. The van der Waals surface area contributed by atoms with Crippen molar-refractivity contribution in [2.24, 2.45) is 0 Å². The number of amides is 1. The molecule has 3 rings (SSSR count). The SMILES string of the molecule is O=C(C=C1CCCCC1)Nc1ccc(F)c(S(=O)(=O)N2CCOCC2)c1. The van der Waals surface area contributed by atoms with E-state index in [1.807, 2.05) is 0 Å². The molecule has 26 heavy (non-hydrogen) atoms. The van der Waals surface area contributed by atoms with Gasteiger partial charge in [-0.3, -0.25) is 4.79 Å². The summed E-state index contributed by atoms with van der Waals surface area (Å²) in [5.41, 5.74) is 1.35. The van der Waals surface area contributed by atoms with E-state index in [0.717, 1.165) is 37.3 Å². The fourth-order valence-electron chi connectivity index (χ4n) is 3.22. The lowest BCUT2D eigenvalue weighted by Crippen LogP contribution is -2.40. The molecule has 0 atom stereocenters. The van der Waals surface area contributed by atoms with Gasteiger partial charge in [0.05, 0.1) is 13.2 Å². The van der Waals surface area contributed by atoms with Gasteiger partial charge in [0.1, 0.15) is 10.7 Å². The third-order valence-corrected chi connectivity index (χ3v) is 6.53. The van der Waals surface area contributed by atoms with E-state index in [0.29, 0.717) is 0 Å². The Labute approximate surface area is 153 Å². The first kappa shape index (κ1) is 19.0. The first-order valence-corrected chi connectivity index (χ1v) is 10.3. The molecule has 1 aliphatic heterocycles. The van der Waals surface area contributed by atoms with Gasteiger partial charge in [-0.1, -0.05) is 12.0 Å². The molecule has 142 valence electrons. The quantitative estimate of drug-likeness (QED) is 0.813. The average molecular weight is 382 g/mol. The van der Waals surface area contributed by atoms with Crippen LogP contribution in [0.3, 0.4) is 0 Å². The summed E-state index contributed by atoms with van der Waals surface area (Å²) >= 11 is 0. The molecule has 8 heteroatoms. The maximum Gasteiger partial charge on any atom is 0.248 e. The fourth-order valence-corrected chi connectivity index (χ4v) is 4.72. The van der Waals surface area contributed by atoms with Gasteiger partial charge in [0, 0.05) is 24.9 Å². The fraction of sp³-hybridized carbons (Fsp3) is 0.500. The molecular formula is C18H23FN2O4S. The number of ether oxygens (including phenoxy) is 1. The Morgan fingerprint density at radius 3 is 2.54 bits per heavy atom.